The first-order chi connectivity index (χ1) is 65.8. The van der Waals surface area contributed by atoms with Crippen molar-refractivity contribution in [2.75, 3.05) is 56.4 Å². The number of aryl methyl sites for hydroxylation is 3. The number of rotatable bonds is 39. The molecule has 32 heteroatoms. The monoisotopic (exact) mass is 2010 g/mol. The van der Waals surface area contributed by atoms with Crippen LogP contribution in [0, 0.1) is 37.5 Å². The molecule has 139 heavy (non-hydrogen) atoms. The van der Waals surface area contributed by atoms with Gasteiger partial charge in [0.15, 0.2) is 35.4 Å². The van der Waals surface area contributed by atoms with Crippen LogP contribution < -0.4 is 61.2 Å². The Kier molecular flexibility index (Phi) is 42.2. The van der Waals surface area contributed by atoms with E-state index in [4.69, 9.17) is 87.0 Å². The van der Waals surface area contributed by atoms with Gasteiger partial charge in [0.05, 0.1) is 67.3 Å². The lowest BCUT2D eigenvalue weighted by atomic mass is 9.76. The normalized spacial score (nSPS) is 13.8. The molecule has 11 rings (SSSR count). The number of hydrazone groups is 1. The molecule has 0 bridgehead atoms. The van der Waals surface area contributed by atoms with Crippen LogP contribution in [0.25, 0.3) is 0 Å². The number of hydrogen-bond acceptors (Lipinski definition) is 19. The summed E-state index contributed by atoms with van der Waals surface area (Å²) >= 11 is 32.0. The summed E-state index contributed by atoms with van der Waals surface area (Å²) in [6.45, 7) is 32.2. The van der Waals surface area contributed by atoms with E-state index >= 15 is 0 Å². The van der Waals surface area contributed by atoms with Crippen molar-refractivity contribution in [3.8, 4) is 40.6 Å². The zero-order chi connectivity index (χ0) is 102. The number of carbonyl (C=O) groups excluding carboxylic acids is 9. The Labute approximate surface area is 845 Å². The highest BCUT2D eigenvalue weighted by Gasteiger charge is 2.55. The number of nitriles is 1. The van der Waals surface area contributed by atoms with E-state index in [0.717, 1.165) is 59.3 Å². The average Bonchev–Trinajstić information content (AvgIpc) is 1.63. The summed E-state index contributed by atoms with van der Waals surface area (Å²) in [5.74, 6) is -0.965. The Morgan fingerprint density at radius 3 is 1.74 bits per heavy atom. The minimum atomic E-state index is -1.66. The molecule has 9 aromatic rings. The van der Waals surface area contributed by atoms with Gasteiger partial charge < -0.3 is 66.0 Å². The zero-order valence-electron chi connectivity index (χ0n) is 82.4. The van der Waals surface area contributed by atoms with Gasteiger partial charge in [-0.1, -0.05) is 246 Å². The molecule has 9 amide bonds. The average molecular weight is 2020 g/mol. The van der Waals surface area contributed by atoms with Crippen molar-refractivity contribution in [2.24, 2.45) is 10.5 Å². The molecule has 1 fully saturated rings. The van der Waals surface area contributed by atoms with E-state index in [9.17, 15) is 48.3 Å². The van der Waals surface area contributed by atoms with Gasteiger partial charge >= 0.3 is 12.1 Å². The molecule has 0 radical (unpaired) electrons. The van der Waals surface area contributed by atoms with Crippen LogP contribution in [0.15, 0.2) is 180 Å². The molecule has 0 spiro atoms. The first-order valence-corrected chi connectivity index (χ1v) is 49.2. The van der Waals surface area contributed by atoms with Gasteiger partial charge in [-0.3, -0.25) is 33.6 Å². The number of ketones is 1. The van der Waals surface area contributed by atoms with Gasteiger partial charge in [-0.25, -0.2) is 14.5 Å². The maximum atomic E-state index is 13.6. The summed E-state index contributed by atoms with van der Waals surface area (Å²) in [4.78, 5) is 117. The van der Waals surface area contributed by atoms with E-state index in [1.54, 1.807) is 114 Å². The van der Waals surface area contributed by atoms with Gasteiger partial charge in [0.2, 0.25) is 5.91 Å². The number of phenols is 1. The maximum Gasteiger partial charge on any atom is 0.418 e. The second-order valence-corrected chi connectivity index (χ2v) is 39.9. The Morgan fingerprint density at radius 1 is 0.576 bits per heavy atom. The number of para-hydroxylation sites is 1. The number of halogens is 5. The second kappa shape index (κ2) is 52.3. The SMILES string of the molecule is CCC(C)(C)c1ccc(OC(C)C(=O)Nc2cc(O)c(NC(=O)Nc3ccc(C#N)cc3)cc2Oc2ccc(OC)cc2)c(C(C)(C)CC)c1.CCC(Oc1ccc(C)cc1C)C(=O)Nc1ccccc1SC1C=NN(c2c(Cl)cc(Cl)cc2Cl)C1=O.CCCCCCCCCCCCCC(=O)Nc1ccc(Cl)c(NC)c1.Cc1ccc(Cl)c(NC(=O)C(C(=O)C(C)(C)C)N2C(=O)OC(C)(C)C2=O)c1. The third kappa shape index (κ3) is 32.5. The molecule has 742 valence electrons. The first kappa shape index (κ1) is 112. The van der Waals surface area contributed by atoms with Gasteiger partial charge in [0.1, 0.15) is 39.7 Å². The van der Waals surface area contributed by atoms with Crippen molar-refractivity contribution >= 4 is 175 Å². The Bertz CT molecular complexity index is 5880. The summed E-state index contributed by atoms with van der Waals surface area (Å²) in [6, 6.07) is 48.4. The molecular weight excluding hydrogens is 1890 g/mol. The molecule has 0 aliphatic carbocycles. The fourth-order valence-electron chi connectivity index (χ4n) is 14.3. The highest BCUT2D eigenvalue weighted by molar-refractivity contribution is 8.01. The lowest BCUT2D eigenvalue weighted by Gasteiger charge is -2.31. The number of nitrogens with zero attached hydrogens (tertiary/aromatic N) is 4. The third-order valence-electron chi connectivity index (χ3n) is 23.4. The summed E-state index contributed by atoms with van der Waals surface area (Å²) < 4.78 is 28.8. The number of cyclic esters (lactones) is 1. The van der Waals surface area contributed by atoms with Crippen molar-refractivity contribution in [1.29, 1.82) is 5.26 Å². The molecule has 1 saturated heterocycles. The fourth-order valence-corrected chi connectivity index (χ4v) is 16.7. The second-order valence-electron chi connectivity index (χ2n) is 36.6. The lowest BCUT2D eigenvalue weighted by molar-refractivity contribution is -0.145. The van der Waals surface area contributed by atoms with Crippen LogP contribution in [-0.4, -0.2) is 113 Å². The number of imide groups is 1. The number of carbonyl (C=O) groups is 9. The van der Waals surface area contributed by atoms with Crippen LogP contribution in [0.2, 0.25) is 25.1 Å². The molecular formula is C107H128Cl5N11O15S. The van der Waals surface area contributed by atoms with Crippen molar-refractivity contribution in [2.45, 2.75) is 259 Å². The van der Waals surface area contributed by atoms with Crippen LogP contribution in [0.4, 0.5) is 55.1 Å². The Balaban J connectivity index is 0.000000236. The van der Waals surface area contributed by atoms with E-state index < -0.39 is 70.1 Å². The van der Waals surface area contributed by atoms with E-state index in [1.165, 1.54) is 124 Å². The molecule has 8 N–H and O–H groups in total. The van der Waals surface area contributed by atoms with Crippen molar-refractivity contribution in [3.63, 3.8) is 0 Å². The largest absolute Gasteiger partial charge is 0.506 e. The number of urea groups is 1. The molecule has 9 aromatic carbocycles. The minimum absolute atomic E-state index is 0.0201. The van der Waals surface area contributed by atoms with Crippen LogP contribution in [0.5, 0.6) is 34.5 Å². The number of thioether (sulfide) groups is 1. The van der Waals surface area contributed by atoms with Crippen LogP contribution in [0.1, 0.15) is 227 Å². The van der Waals surface area contributed by atoms with E-state index in [-0.39, 0.29) is 77.9 Å². The summed E-state index contributed by atoms with van der Waals surface area (Å²) in [5, 5.41) is 46.0. The highest BCUT2D eigenvalue weighted by atomic mass is 35.5. The standard InChI is InChI=1S/C40H46N4O6.C27H24Cl3N3O3S.C21H35ClN2O.C19H23ClN2O5/c1-9-39(4,5)27-13-20-35(31(21-27)40(6,7)10-2)49-25(3)37(46)43-33-22-34(45)32(23-36(33)50-30-18-16-29(48-8)17-19-30)44-38(47)42-28-14-11-26(24-41)12-15-28;1-4-21(36-22-10-9-15(2)11-16(22)3)26(34)32-20-7-5-6-8-23(20)37-24-14-31-33(27(24)35)25-18(29)12-17(28)13-19(25)30;1-3-4-5-6-7-8-9-10-11-12-13-14-21(25)24-18-15-16-19(22)20(17-18)23-2;1-10-7-8-11(20)12(9-10)21-15(24)13(14(23)18(2,3)4)22-16(25)19(5,6)27-17(22)26/h11-23,25,45H,9-10H2,1-8H3,(H,43,46)(H2,42,44,47);5-14,21,24H,4H2,1-3H3,(H,32,34);15-17,23H,3-14H2,1-2H3,(H,24,25);7-9,13H,1-6H3,(H,21,24). The number of amides is 9. The van der Waals surface area contributed by atoms with E-state index in [1.807, 2.05) is 95.4 Å². The van der Waals surface area contributed by atoms with Crippen molar-refractivity contribution in [3.05, 3.63) is 228 Å². The van der Waals surface area contributed by atoms with Gasteiger partial charge in [-0.05, 0) is 210 Å². The Hall–Kier alpha value is -12.0. The van der Waals surface area contributed by atoms with Crippen molar-refractivity contribution < 1.29 is 71.9 Å². The van der Waals surface area contributed by atoms with Crippen LogP contribution >= 0.6 is 69.8 Å². The number of aromatic hydroxyl groups is 1. The number of Topliss-reactive ketones (excluding diaryl/α,β-unsaturated/α-hetero) is 1. The quantitative estimate of drug-likeness (QED) is 0.0101. The smallest absolute Gasteiger partial charge is 0.418 e. The topological polar surface area (TPSA) is 347 Å². The fraction of sp³-hybridized carbons (Fsp3) is 0.393. The number of unbranched alkanes of at least 4 members (excludes halogenated alkanes) is 10. The number of phenolic OH excluding ortho intramolecular Hbond substituents is 1. The third-order valence-corrected chi connectivity index (χ3v) is 26.0. The predicted molar refractivity (Wildman–Crippen MR) is 561 cm³/mol. The van der Waals surface area contributed by atoms with Crippen LogP contribution in [-0.2, 0) is 49.1 Å². The molecule has 4 unspecified atom stereocenters. The molecule has 26 nitrogen and oxygen atoms in total. The summed E-state index contributed by atoms with van der Waals surface area (Å²) in [7, 11) is 3.37. The molecule has 2 aliphatic rings. The number of hydrogen-bond donors (Lipinski definition) is 8. The first-order valence-electron chi connectivity index (χ1n) is 46.5. The molecule has 2 heterocycles. The molecule has 0 saturated carbocycles. The summed E-state index contributed by atoms with van der Waals surface area (Å²) in [5.41, 5.74) is 6.34. The van der Waals surface area contributed by atoms with E-state index in [2.05, 4.69) is 103 Å². The van der Waals surface area contributed by atoms with Gasteiger partial charge in [0, 0.05) is 64.1 Å². The van der Waals surface area contributed by atoms with Crippen molar-refractivity contribution in [1.82, 2.24) is 4.90 Å². The molecule has 4 atom stereocenters. The van der Waals surface area contributed by atoms with Gasteiger partial charge in [0.25, 0.3) is 29.5 Å². The molecule has 0 aromatic heterocycles. The number of nitrogens with one attached hydrogen (secondary N) is 7. The highest BCUT2D eigenvalue weighted by Crippen LogP contribution is 2.45. The number of anilines is 8. The van der Waals surface area contributed by atoms with E-state index in [0.29, 0.717) is 72.6 Å². The molecule has 2 aliphatic heterocycles. The van der Waals surface area contributed by atoms with Crippen LogP contribution in [0.3, 0.4) is 0 Å². The van der Waals surface area contributed by atoms with Gasteiger partial charge in [-0.15, -0.1) is 11.8 Å². The Morgan fingerprint density at radius 2 is 1.15 bits per heavy atom. The number of benzene rings is 9. The summed E-state index contributed by atoms with van der Waals surface area (Å²) in [6.07, 6.45) is 16.1. The van der Waals surface area contributed by atoms with Gasteiger partial charge in [-0.2, -0.15) is 15.4 Å². The minimum Gasteiger partial charge on any atom is -0.506 e. The lowest BCUT2D eigenvalue weighted by Crippen LogP contribution is -2.55. The predicted octanol–water partition coefficient (Wildman–Crippen LogP) is 27.4. The number of ether oxygens (including phenoxy) is 5. The zero-order valence-corrected chi connectivity index (χ0v) is 87.0. The maximum absolute atomic E-state index is 13.6. The number of methoxy groups -OCH3 is 1.